The molecule has 0 saturated carbocycles. The summed E-state index contributed by atoms with van der Waals surface area (Å²) in [7, 11) is 0. The zero-order valence-corrected chi connectivity index (χ0v) is 20.9. The molecule has 0 spiro atoms. The molecule has 2 aromatic rings. The Bertz CT molecular complexity index is 1260. The highest BCUT2D eigenvalue weighted by Gasteiger charge is 2.37. The second-order valence-corrected chi connectivity index (χ2v) is 10.0. The summed E-state index contributed by atoms with van der Waals surface area (Å²) in [4.78, 5) is 25.8. The standard InChI is InChI=1S/C28H29N3O2S/c1-16-12-18(3)27(19(4)13-16)31-24(33)15-34-28-21(14-29)25(20-9-6-5-8-17(20)2)26-22(30-28)10-7-11-23(26)32/h5-6,8-9,12-13,25,30H,7,10-11,15H2,1-4H3,(H,31,33). The number of thioether (sulfide) groups is 1. The number of ketones is 1. The Kier molecular flexibility index (Phi) is 6.95. The first kappa shape index (κ1) is 23.8. The summed E-state index contributed by atoms with van der Waals surface area (Å²) >= 11 is 1.32. The van der Waals surface area contributed by atoms with Gasteiger partial charge in [0.2, 0.25) is 5.91 Å². The van der Waals surface area contributed by atoms with Gasteiger partial charge in [-0.2, -0.15) is 5.26 Å². The number of rotatable bonds is 5. The third-order valence-corrected chi connectivity index (χ3v) is 7.47. The lowest BCUT2D eigenvalue weighted by Crippen LogP contribution is -2.32. The molecule has 0 fully saturated rings. The Morgan fingerprint density at radius 2 is 1.82 bits per heavy atom. The molecule has 0 saturated heterocycles. The van der Waals surface area contributed by atoms with Crippen LogP contribution in [0.15, 0.2) is 58.3 Å². The van der Waals surface area contributed by atoms with Crippen molar-refractivity contribution in [2.45, 2.75) is 52.9 Å². The Morgan fingerprint density at radius 3 is 2.50 bits per heavy atom. The molecule has 1 aliphatic carbocycles. The molecule has 2 aliphatic rings. The van der Waals surface area contributed by atoms with Crippen LogP contribution in [0.3, 0.4) is 0 Å². The van der Waals surface area contributed by atoms with E-state index in [0.29, 0.717) is 22.6 Å². The number of allylic oxidation sites excluding steroid dienone is 3. The number of dihydropyridines is 1. The summed E-state index contributed by atoms with van der Waals surface area (Å²) < 4.78 is 0. The van der Waals surface area contributed by atoms with E-state index in [1.54, 1.807) is 0 Å². The number of nitrogens with zero attached hydrogens (tertiary/aromatic N) is 1. The number of carbonyl (C=O) groups excluding carboxylic acids is 2. The molecule has 4 rings (SSSR count). The predicted molar refractivity (Wildman–Crippen MR) is 137 cm³/mol. The predicted octanol–water partition coefficient (Wildman–Crippen LogP) is 5.72. The first-order valence-electron chi connectivity index (χ1n) is 11.5. The number of aryl methyl sites for hydroxylation is 4. The van der Waals surface area contributed by atoms with Gasteiger partial charge in [0.1, 0.15) is 0 Å². The third-order valence-electron chi connectivity index (χ3n) is 6.45. The van der Waals surface area contributed by atoms with E-state index in [-0.39, 0.29) is 17.4 Å². The Morgan fingerprint density at radius 1 is 1.12 bits per heavy atom. The van der Waals surface area contributed by atoms with E-state index in [2.05, 4.69) is 28.8 Å². The number of amides is 1. The molecule has 5 nitrogen and oxygen atoms in total. The van der Waals surface area contributed by atoms with E-state index in [4.69, 9.17) is 0 Å². The third kappa shape index (κ3) is 4.67. The van der Waals surface area contributed by atoms with Crippen LogP contribution < -0.4 is 10.6 Å². The molecule has 0 bridgehead atoms. The van der Waals surface area contributed by atoms with Crippen LogP contribution in [0, 0.1) is 39.0 Å². The van der Waals surface area contributed by atoms with Gasteiger partial charge >= 0.3 is 0 Å². The molecular formula is C28H29N3O2S. The minimum atomic E-state index is -0.401. The first-order chi connectivity index (χ1) is 16.3. The maximum Gasteiger partial charge on any atom is 0.234 e. The van der Waals surface area contributed by atoms with Crippen molar-refractivity contribution in [2.24, 2.45) is 0 Å². The van der Waals surface area contributed by atoms with E-state index in [1.807, 2.05) is 52.0 Å². The summed E-state index contributed by atoms with van der Waals surface area (Å²) in [6.07, 6.45) is 2.05. The number of hydrogen-bond donors (Lipinski definition) is 2. The molecule has 0 aromatic heterocycles. The van der Waals surface area contributed by atoms with Crippen molar-refractivity contribution in [2.75, 3.05) is 11.1 Å². The fraction of sp³-hybridized carbons (Fsp3) is 0.321. The molecule has 174 valence electrons. The van der Waals surface area contributed by atoms with E-state index in [9.17, 15) is 14.9 Å². The van der Waals surface area contributed by atoms with Crippen LogP contribution in [0.2, 0.25) is 0 Å². The summed E-state index contributed by atoms with van der Waals surface area (Å²) in [5, 5.41) is 17.2. The smallest absolute Gasteiger partial charge is 0.234 e. The molecule has 6 heteroatoms. The zero-order valence-electron chi connectivity index (χ0n) is 20.0. The van der Waals surface area contributed by atoms with Gasteiger partial charge < -0.3 is 10.6 Å². The van der Waals surface area contributed by atoms with Crippen molar-refractivity contribution in [3.05, 3.63) is 86.1 Å². The lowest BCUT2D eigenvalue weighted by Gasteiger charge is -2.33. The van der Waals surface area contributed by atoms with Crippen LogP contribution in [-0.2, 0) is 9.59 Å². The van der Waals surface area contributed by atoms with Gasteiger partial charge in [0.15, 0.2) is 5.78 Å². The van der Waals surface area contributed by atoms with Gasteiger partial charge in [0.25, 0.3) is 0 Å². The Labute approximate surface area is 205 Å². The molecule has 1 heterocycles. The largest absolute Gasteiger partial charge is 0.352 e. The van der Waals surface area contributed by atoms with Crippen LogP contribution in [-0.4, -0.2) is 17.4 Å². The van der Waals surface area contributed by atoms with Crippen molar-refractivity contribution in [3.8, 4) is 6.07 Å². The number of anilines is 1. The monoisotopic (exact) mass is 471 g/mol. The van der Waals surface area contributed by atoms with E-state index in [0.717, 1.165) is 52.0 Å². The molecular weight excluding hydrogens is 442 g/mol. The maximum absolute atomic E-state index is 12.9. The molecule has 0 radical (unpaired) electrons. The van der Waals surface area contributed by atoms with Gasteiger partial charge in [0.05, 0.1) is 28.3 Å². The summed E-state index contributed by atoms with van der Waals surface area (Å²) in [6, 6.07) is 14.4. The summed E-state index contributed by atoms with van der Waals surface area (Å²) in [5.74, 6) is -0.264. The van der Waals surface area contributed by atoms with Crippen molar-refractivity contribution < 1.29 is 9.59 Å². The Hall–Kier alpha value is -3.30. The SMILES string of the molecule is Cc1cc(C)c(NC(=O)CSC2=C(C#N)C(c3ccccc3C)C3=C(CCCC3=O)N2)c(C)c1. The highest BCUT2D eigenvalue weighted by molar-refractivity contribution is 8.03. The lowest BCUT2D eigenvalue weighted by molar-refractivity contribution is -0.116. The van der Waals surface area contributed by atoms with E-state index in [1.165, 1.54) is 11.8 Å². The molecule has 1 aliphatic heterocycles. The van der Waals surface area contributed by atoms with Gasteiger partial charge in [-0.3, -0.25) is 9.59 Å². The van der Waals surface area contributed by atoms with E-state index >= 15 is 0 Å². The number of carbonyl (C=O) groups is 2. The second kappa shape index (κ2) is 9.90. The molecule has 1 unspecified atom stereocenters. The highest BCUT2D eigenvalue weighted by atomic mass is 32.2. The fourth-order valence-electron chi connectivity index (χ4n) is 4.95. The number of Topliss-reactive ketones (excluding diaryl/α,β-unsaturated/α-hetero) is 1. The van der Waals surface area contributed by atoms with Gasteiger partial charge in [-0.05, 0) is 62.8 Å². The van der Waals surface area contributed by atoms with Crippen LogP contribution >= 0.6 is 11.8 Å². The van der Waals surface area contributed by atoms with Gasteiger partial charge in [0, 0.05) is 23.4 Å². The molecule has 1 atom stereocenters. The van der Waals surface area contributed by atoms with Gasteiger partial charge in [-0.1, -0.05) is 53.7 Å². The maximum atomic E-state index is 12.9. The van der Waals surface area contributed by atoms with Crippen molar-refractivity contribution in [3.63, 3.8) is 0 Å². The minimum absolute atomic E-state index is 0.0990. The first-order valence-corrected chi connectivity index (χ1v) is 12.5. The van der Waals surface area contributed by atoms with Gasteiger partial charge in [-0.15, -0.1) is 0 Å². The minimum Gasteiger partial charge on any atom is -0.352 e. The molecule has 34 heavy (non-hydrogen) atoms. The van der Waals surface area contributed by atoms with Crippen molar-refractivity contribution in [1.29, 1.82) is 5.26 Å². The number of nitrogens with one attached hydrogen (secondary N) is 2. The quantitative estimate of drug-likeness (QED) is 0.583. The zero-order chi connectivity index (χ0) is 24.4. The fourth-order valence-corrected chi connectivity index (χ4v) is 5.81. The molecule has 2 N–H and O–H groups in total. The number of nitriles is 1. The van der Waals surface area contributed by atoms with E-state index < -0.39 is 5.92 Å². The summed E-state index contributed by atoms with van der Waals surface area (Å²) in [5.41, 5.74) is 8.15. The summed E-state index contributed by atoms with van der Waals surface area (Å²) in [6.45, 7) is 8.02. The van der Waals surface area contributed by atoms with Crippen molar-refractivity contribution >= 4 is 29.1 Å². The van der Waals surface area contributed by atoms with Crippen molar-refractivity contribution in [1.82, 2.24) is 5.32 Å². The van der Waals surface area contributed by atoms with Gasteiger partial charge in [-0.25, -0.2) is 0 Å². The average molecular weight is 472 g/mol. The lowest BCUT2D eigenvalue weighted by atomic mass is 9.76. The Balaban J connectivity index is 1.63. The average Bonchev–Trinajstić information content (AvgIpc) is 2.79. The van der Waals surface area contributed by atoms with Crippen LogP contribution in [0.25, 0.3) is 0 Å². The second-order valence-electron chi connectivity index (χ2n) is 9.05. The topological polar surface area (TPSA) is 82.0 Å². The van der Waals surface area contributed by atoms with Crippen LogP contribution in [0.5, 0.6) is 0 Å². The number of hydrogen-bond acceptors (Lipinski definition) is 5. The normalized spacial score (nSPS) is 17.7. The van der Waals surface area contributed by atoms with Crippen LogP contribution in [0.4, 0.5) is 5.69 Å². The molecule has 1 amide bonds. The number of benzene rings is 2. The highest BCUT2D eigenvalue weighted by Crippen LogP contribution is 2.44. The van der Waals surface area contributed by atoms with Crippen LogP contribution in [0.1, 0.15) is 53.0 Å². The molecule has 2 aromatic carbocycles.